The fourth-order valence-corrected chi connectivity index (χ4v) is 4.65. The van der Waals surface area contributed by atoms with Gasteiger partial charge in [-0.05, 0) is 53.9 Å². The number of rotatable bonds is 6. The Morgan fingerprint density at radius 3 is 1.80 bits per heavy atom. The van der Waals surface area contributed by atoms with E-state index in [0.717, 1.165) is 18.2 Å². The van der Waals surface area contributed by atoms with Gasteiger partial charge in [-0.15, -0.1) is 0 Å². The van der Waals surface area contributed by atoms with Gasteiger partial charge in [0.15, 0.2) is 46.4 Å². The van der Waals surface area contributed by atoms with Crippen LogP contribution < -0.4 is 14.0 Å². The van der Waals surface area contributed by atoms with E-state index in [1.807, 2.05) is 0 Å². The predicted molar refractivity (Wildman–Crippen MR) is 139 cm³/mol. The van der Waals surface area contributed by atoms with E-state index in [0.29, 0.717) is 42.5 Å². The Labute approximate surface area is 244 Å². The maximum absolute atomic E-state index is 15.3. The van der Waals surface area contributed by atoms with Crippen molar-refractivity contribution in [3.8, 4) is 17.2 Å². The zero-order chi connectivity index (χ0) is 32.3. The lowest BCUT2D eigenvalue weighted by atomic mass is 10.0. The monoisotopic (exact) mass is 638 g/mol. The van der Waals surface area contributed by atoms with Crippen LogP contribution in [0.2, 0.25) is 0 Å². The van der Waals surface area contributed by atoms with Crippen molar-refractivity contribution in [2.24, 2.45) is 0 Å². The van der Waals surface area contributed by atoms with Gasteiger partial charge in [0.05, 0.1) is 5.39 Å². The highest BCUT2D eigenvalue weighted by atomic mass is 19.2. The number of hydrogen-bond acceptors (Lipinski definition) is 3. The van der Waals surface area contributed by atoms with Crippen molar-refractivity contribution < 1.29 is 62.3 Å². The zero-order valence-corrected chi connectivity index (χ0v) is 21.7. The first-order chi connectivity index (χ1) is 21.3. The molecule has 0 atom stereocenters. The van der Waals surface area contributed by atoms with Gasteiger partial charge in [0.25, 0.3) is 0 Å². The van der Waals surface area contributed by atoms with Crippen LogP contribution in [0.15, 0.2) is 60.7 Å². The summed E-state index contributed by atoms with van der Waals surface area (Å²) in [5, 5.41) is -3.71. The highest BCUT2D eigenvalue weighted by Crippen LogP contribution is 2.39. The minimum absolute atomic E-state index is 0.173. The maximum atomic E-state index is 15.3. The summed E-state index contributed by atoms with van der Waals surface area (Å²) in [6, 6.07) is 6.28. The molecule has 6 rings (SSSR count). The van der Waals surface area contributed by atoms with Crippen molar-refractivity contribution in [2.45, 2.75) is 0 Å². The Morgan fingerprint density at radius 2 is 1.04 bits per heavy atom. The fraction of sp³-hybridized carbons (Fsp3) is 0. The number of halogens is 11. The highest BCUT2D eigenvalue weighted by Gasteiger charge is 2.37. The second-order valence-corrected chi connectivity index (χ2v) is 9.42. The van der Waals surface area contributed by atoms with E-state index in [1.54, 1.807) is 0 Å². The standard InChI is InChI=1S/C30H10BF11O3/c32-12-8-16-22(6-5-17(33)23(16)21(37)9-12)43-31(45-30-20(36)4-3-19(35)26(30)40)44-29-15-7-11-1-2-18(34)24(38)13(11)10-14(15)25(39)27(41)28(29)42/h1-10H. The minimum Gasteiger partial charge on any atom is -0.489 e. The normalized spacial score (nSPS) is 11.4. The van der Waals surface area contributed by atoms with Gasteiger partial charge in [-0.1, -0.05) is 6.07 Å². The van der Waals surface area contributed by atoms with Crippen LogP contribution >= 0.6 is 0 Å². The van der Waals surface area contributed by atoms with Gasteiger partial charge in [-0.2, -0.15) is 8.78 Å². The van der Waals surface area contributed by atoms with Crippen molar-refractivity contribution in [3.05, 3.63) is 125 Å². The lowest BCUT2D eigenvalue weighted by molar-refractivity contribution is 0.283. The van der Waals surface area contributed by atoms with Crippen LogP contribution in [-0.2, 0) is 0 Å². The summed E-state index contributed by atoms with van der Waals surface area (Å²) in [6.07, 6.45) is 0. The Balaban J connectivity index is 1.56. The van der Waals surface area contributed by atoms with Crippen LogP contribution in [0.4, 0.5) is 48.3 Å². The average molecular weight is 638 g/mol. The van der Waals surface area contributed by atoms with Crippen LogP contribution in [0, 0.1) is 64.0 Å². The predicted octanol–water partition coefficient (Wildman–Crippen LogP) is 9.20. The smallest absolute Gasteiger partial charge is 0.489 e. The molecule has 45 heavy (non-hydrogen) atoms. The molecule has 0 radical (unpaired) electrons. The van der Waals surface area contributed by atoms with Gasteiger partial charge >= 0.3 is 7.32 Å². The molecule has 0 saturated carbocycles. The van der Waals surface area contributed by atoms with Gasteiger partial charge < -0.3 is 14.0 Å². The van der Waals surface area contributed by atoms with E-state index in [2.05, 4.69) is 0 Å². The number of hydrogen-bond donors (Lipinski definition) is 0. The Hall–Kier alpha value is -5.21. The Kier molecular flexibility index (Phi) is 7.33. The second-order valence-electron chi connectivity index (χ2n) is 9.42. The topological polar surface area (TPSA) is 27.7 Å². The van der Waals surface area contributed by atoms with Crippen molar-refractivity contribution in [1.82, 2.24) is 0 Å². The third-order valence-corrected chi connectivity index (χ3v) is 6.70. The summed E-state index contributed by atoms with van der Waals surface area (Å²) >= 11 is 0. The summed E-state index contributed by atoms with van der Waals surface area (Å²) in [6.45, 7) is 0. The van der Waals surface area contributed by atoms with Gasteiger partial charge in [0.2, 0.25) is 11.6 Å². The molecule has 0 amide bonds. The Morgan fingerprint density at radius 1 is 0.400 bits per heavy atom. The molecule has 6 aromatic rings. The molecule has 0 fully saturated rings. The van der Waals surface area contributed by atoms with Crippen LogP contribution in [-0.4, -0.2) is 7.32 Å². The molecule has 0 aliphatic heterocycles. The van der Waals surface area contributed by atoms with Crippen molar-refractivity contribution >= 4 is 39.6 Å². The summed E-state index contributed by atoms with van der Waals surface area (Å²) in [5.41, 5.74) is 0. The number of benzene rings is 6. The van der Waals surface area contributed by atoms with Crippen LogP contribution in [0.3, 0.4) is 0 Å². The molecule has 0 N–H and O–H groups in total. The van der Waals surface area contributed by atoms with E-state index in [4.69, 9.17) is 14.0 Å². The van der Waals surface area contributed by atoms with E-state index in [-0.39, 0.29) is 5.39 Å². The maximum Gasteiger partial charge on any atom is 0.864 e. The van der Waals surface area contributed by atoms with Gasteiger partial charge in [0, 0.05) is 27.6 Å². The molecule has 0 saturated heterocycles. The summed E-state index contributed by atoms with van der Waals surface area (Å²) in [7, 11) is -2.71. The first-order valence-electron chi connectivity index (χ1n) is 12.4. The van der Waals surface area contributed by atoms with Crippen molar-refractivity contribution in [3.63, 3.8) is 0 Å². The lowest BCUT2D eigenvalue weighted by Crippen LogP contribution is -2.38. The average Bonchev–Trinajstić information content (AvgIpc) is 3.00. The first kappa shape index (κ1) is 29.8. The minimum atomic E-state index is -2.71. The van der Waals surface area contributed by atoms with E-state index >= 15 is 4.39 Å². The van der Waals surface area contributed by atoms with Crippen LogP contribution in [0.25, 0.3) is 32.3 Å². The lowest BCUT2D eigenvalue weighted by Gasteiger charge is -2.20. The SMILES string of the molecule is Fc1cc(F)c2c(F)ccc(OB(Oc3c(F)ccc(F)c3F)Oc3c(F)c(F)c(F)c4cc5c(F)c(F)ccc5cc34)c2c1. The number of fused-ring (bicyclic) bond motifs is 3. The molecule has 0 aliphatic carbocycles. The summed E-state index contributed by atoms with van der Waals surface area (Å²) in [4.78, 5) is 0. The summed E-state index contributed by atoms with van der Waals surface area (Å²) < 4.78 is 175. The molecule has 0 spiro atoms. The van der Waals surface area contributed by atoms with E-state index in [9.17, 15) is 43.9 Å². The van der Waals surface area contributed by atoms with Crippen molar-refractivity contribution in [2.75, 3.05) is 0 Å². The third kappa shape index (κ3) is 5.07. The quantitative estimate of drug-likeness (QED) is 0.0599. The second kappa shape index (κ2) is 11.1. The molecule has 0 aromatic heterocycles. The summed E-state index contributed by atoms with van der Waals surface area (Å²) in [5.74, 6) is -21.4. The molecule has 0 unspecified atom stereocenters. The van der Waals surface area contributed by atoms with Crippen LogP contribution in [0.5, 0.6) is 17.2 Å². The van der Waals surface area contributed by atoms with Gasteiger partial charge in [-0.25, -0.2) is 39.5 Å². The van der Waals surface area contributed by atoms with Gasteiger partial charge in [-0.3, -0.25) is 0 Å². The molecule has 3 nitrogen and oxygen atoms in total. The Bertz CT molecular complexity index is 2190. The molecule has 228 valence electrons. The largest absolute Gasteiger partial charge is 0.864 e. The highest BCUT2D eigenvalue weighted by molar-refractivity contribution is 6.40. The fourth-order valence-electron chi connectivity index (χ4n) is 4.65. The van der Waals surface area contributed by atoms with Gasteiger partial charge in [0.1, 0.15) is 23.2 Å². The van der Waals surface area contributed by atoms with E-state index in [1.165, 1.54) is 0 Å². The molecule has 0 bridgehead atoms. The molecule has 0 heterocycles. The molecular formula is C30H10BF11O3. The molecule has 0 aliphatic rings. The van der Waals surface area contributed by atoms with Crippen LogP contribution in [0.1, 0.15) is 0 Å². The zero-order valence-electron chi connectivity index (χ0n) is 21.7. The van der Waals surface area contributed by atoms with E-state index < -0.39 is 115 Å². The molecule has 6 aromatic carbocycles. The first-order valence-corrected chi connectivity index (χ1v) is 12.4. The third-order valence-electron chi connectivity index (χ3n) is 6.70. The molecule has 15 heteroatoms. The molecular weight excluding hydrogens is 628 g/mol. The van der Waals surface area contributed by atoms with Crippen molar-refractivity contribution in [1.29, 1.82) is 0 Å².